The number of aryl methyl sites for hydroxylation is 2. The van der Waals surface area contributed by atoms with Gasteiger partial charge in [-0.3, -0.25) is 4.79 Å². The van der Waals surface area contributed by atoms with Crippen LogP contribution in [0.4, 0.5) is 0 Å². The molecule has 1 amide bonds. The van der Waals surface area contributed by atoms with Crippen LogP contribution in [0.15, 0.2) is 30.5 Å². The fourth-order valence-corrected chi connectivity index (χ4v) is 3.38. The van der Waals surface area contributed by atoms with Gasteiger partial charge in [0.1, 0.15) is 11.8 Å². The molecular formula is C20H23N3O. The first kappa shape index (κ1) is 16.3. The normalized spacial score (nSPS) is 15.3. The Labute approximate surface area is 143 Å². The summed E-state index contributed by atoms with van der Waals surface area (Å²) >= 11 is 0. The second-order valence-corrected chi connectivity index (χ2v) is 6.82. The number of amides is 1. The van der Waals surface area contributed by atoms with Crippen LogP contribution in [0.5, 0.6) is 0 Å². The molecule has 2 aromatic rings. The molecule has 0 bridgehead atoms. The van der Waals surface area contributed by atoms with Gasteiger partial charge >= 0.3 is 0 Å². The van der Waals surface area contributed by atoms with Crippen molar-refractivity contribution in [3.63, 3.8) is 0 Å². The third-order valence-electron chi connectivity index (χ3n) is 4.89. The number of nitrogens with zero attached hydrogens (tertiary/aromatic N) is 3. The van der Waals surface area contributed by atoms with Crippen LogP contribution in [-0.2, 0) is 0 Å². The summed E-state index contributed by atoms with van der Waals surface area (Å²) in [5.41, 5.74) is 4.16. The highest BCUT2D eigenvalue weighted by atomic mass is 16.2. The van der Waals surface area contributed by atoms with Crippen LogP contribution >= 0.6 is 0 Å². The van der Waals surface area contributed by atoms with E-state index >= 15 is 0 Å². The summed E-state index contributed by atoms with van der Waals surface area (Å²) in [7, 11) is 0. The minimum atomic E-state index is -0.0385. The summed E-state index contributed by atoms with van der Waals surface area (Å²) in [4.78, 5) is 15.0. The molecule has 1 saturated heterocycles. The zero-order valence-corrected chi connectivity index (χ0v) is 14.5. The highest BCUT2D eigenvalue weighted by molar-refractivity contribution is 5.96. The van der Waals surface area contributed by atoms with Crippen LogP contribution in [0, 0.1) is 31.1 Å². The maximum atomic E-state index is 13.1. The summed E-state index contributed by atoms with van der Waals surface area (Å²) in [5, 5.41) is 9.45. The molecule has 0 spiro atoms. The van der Waals surface area contributed by atoms with Gasteiger partial charge in [-0.1, -0.05) is 24.6 Å². The van der Waals surface area contributed by atoms with Crippen molar-refractivity contribution in [3.05, 3.63) is 52.8 Å². The molecule has 1 aliphatic heterocycles. The average Bonchev–Trinajstić information content (AvgIpc) is 2.98. The number of rotatable bonds is 2. The van der Waals surface area contributed by atoms with E-state index in [1.165, 1.54) is 5.56 Å². The molecule has 4 heteroatoms. The molecule has 0 N–H and O–H groups in total. The second-order valence-electron chi connectivity index (χ2n) is 6.82. The van der Waals surface area contributed by atoms with Gasteiger partial charge in [0.25, 0.3) is 5.91 Å². The van der Waals surface area contributed by atoms with Gasteiger partial charge in [0.15, 0.2) is 0 Å². The summed E-state index contributed by atoms with van der Waals surface area (Å²) in [6.45, 7) is 7.84. The van der Waals surface area contributed by atoms with E-state index in [-0.39, 0.29) is 5.91 Å². The minimum absolute atomic E-state index is 0.0385. The maximum absolute atomic E-state index is 13.1. The van der Waals surface area contributed by atoms with E-state index in [4.69, 9.17) is 0 Å². The Morgan fingerprint density at radius 1 is 1.21 bits per heavy atom. The van der Waals surface area contributed by atoms with Crippen molar-refractivity contribution in [2.45, 2.75) is 33.6 Å². The number of nitriles is 1. The highest BCUT2D eigenvalue weighted by Gasteiger charge is 2.26. The van der Waals surface area contributed by atoms with Crippen LogP contribution in [-0.4, -0.2) is 28.5 Å². The lowest BCUT2D eigenvalue weighted by Crippen LogP contribution is -2.39. The van der Waals surface area contributed by atoms with E-state index < -0.39 is 0 Å². The van der Waals surface area contributed by atoms with Crippen molar-refractivity contribution in [1.82, 2.24) is 9.47 Å². The van der Waals surface area contributed by atoms with Crippen LogP contribution < -0.4 is 0 Å². The Kier molecular flexibility index (Phi) is 4.44. The Morgan fingerprint density at radius 3 is 2.54 bits per heavy atom. The monoisotopic (exact) mass is 321 g/mol. The molecule has 1 fully saturated rings. The van der Waals surface area contributed by atoms with Gasteiger partial charge in [-0.15, -0.1) is 0 Å². The Morgan fingerprint density at radius 2 is 1.92 bits per heavy atom. The van der Waals surface area contributed by atoms with Crippen molar-refractivity contribution in [2.24, 2.45) is 5.92 Å². The molecular weight excluding hydrogens is 298 g/mol. The molecule has 3 rings (SSSR count). The first-order chi connectivity index (χ1) is 11.5. The number of likely N-dealkylation sites (tertiary alicyclic amines) is 1. The van der Waals surface area contributed by atoms with E-state index in [1.54, 1.807) is 6.07 Å². The zero-order valence-electron chi connectivity index (χ0n) is 14.5. The molecule has 24 heavy (non-hydrogen) atoms. The number of hydrogen-bond acceptors (Lipinski definition) is 2. The SMILES string of the molecule is Cc1ccc(-n2ccc(C#N)c2C(=O)N2CCC(C)CC2)c(C)c1. The lowest BCUT2D eigenvalue weighted by atomic mass is 9.99. The molecule has 124 valence electrons. The van der Waals surface area contributed by atoms with E-state index in [0.717, 1.165) is 37.2 Å². The number of aromatic nitrogens is 1. The van der Waals surface area contributed by atoms with Crippen molar-refractivity contribution < 1.29 is 4.79 Å². The number of hydrogen-bond donors (Lipinski definition) is 0. The Bertz CT molecular complexity index is 805. The molecule has 4 nitrogen and oxygen atoms in total. The fraction of sp³-hybridized carbons (Fsp3) is 0.400. The van der Waals surface area contributed by atoms with Crippen molar-refractivity contribution >= 4 is 5.91 Å². The average molecular weight is 321 g/mol. The van der Waals surface area contributed by atoms with Crippen molar-refractivity contribution in [2.75, 3.05) is 13.1 Å². The third-order valence-corrected chi connectivity index (χ3v) is 4.89. The minimum Gasteiger partial charge on any atom is -0.337 e. The molecule has 0 saturated carbocycles. The second kappa shape index (κ2) is 6.52. The number of carbonyl (C=O) groups is 1. The van der Waals surface area contributed by atoms with Crippen LogP contribution in [0.25, 0.3) is 5.69 Å². The Hall–Kier alpha value is -2.54. The summed E-state index contributed by atoms with van der Waals surface area (Å²) in [5.74, 6) is 0.624. The van der Waals surface area contributed by atoms with Gasteiger partial charge in [-0.05, 0) is 50.3 Å². The van der Waals surface area contributed by atoms with Crippen molar-refractivity contribution in [3.8, 4) is 11.8 Å². The number of carbonyl (C=O) groups excluding carboxylic acids is 1. The quantitative estimate of drug-likeness (QED) is 0.844. The van der Waals surface area contributed by atoms with E-state index in [1.807, 2.05) is 41.6 Å². The molecule has 0 aliphatic carbocycles. The van der Waals surface area contributed by atoms with Crippen LogP contribution in [0.3, 0.4) is 0 Å². The molecule has 0 atom stereocenters. The third kappa shape index (κ3) is 2.94. The molecule has 2 heterocycles. The standard InChI is InChI=1S/C20H23N3O/c1-14-6-9-22(10-7-14)20(24)19-17(13-21)8-11-23(19)18-5-4-15(2)12-16(18)3/h4-5,8,11-12,14H,6-7,9-10H2,1-3H3. The van der Waals surface area contributed by atoms with E-state index in [9.17, 15) is 10.1 Å². The molecule has 0 radical (unpaired) electrons. The van der Waals surface area contributed by atoms with Gasteiger partial charge in [0, 0.05) is 25.0 Å². The summed E-state index contributed by atoms with van der Waals surface area (Å²) in [6, 6.07) is 10.1. The zero-order chi connectivity index (χ0) is 17.3. The van der Waals surface area contributed by atoms with Gasteiger partial charge in [-0.25, -0.2) is 0 Å². The van der Waals surface area contributed by atoms with Crippen LogP contribution in [0.2, 0.25) is 0 Å². The number of benzene rings is 1. The van der Waals surface area contributed by atoms with E-state index in [2.05, 4.69) is 19.1 Å². The van der Waals surface area contributed by atoms with Gasteiger partial charge in [-0.2, -0.15) is 5.26 Å². The molecule has 1 aliphatic rings. The van der Waals surface area contributed by atoms with Crippen LogP contribution in [0.1, 0.15) is 46.9 Å². The lowest BCUT2D eigenvalue weighted by molar-refractivity contribution is 0.0689. The van der Waals surface area contributed by atoms with Gasteiger partial charge in [0.2, 0.25) is 0 Å². The summed E-state index contributed by atoms with van der Waals surface area (Å²) < 4.78 is 1.87. The predicted molar refractivity (Wildman–Crippen MR) is 94.3 cm³/mol. The van der Waals surface area contributed by atoms with E-state index in [0.29, 0.717) is 17.2 Å². The first-order valence-electron chi connectivity index (χ1n) is 8.49. The number of piperidine rings is 1. The molecule has 1 aromatic carbocycles. The maximum Gasteiger partial charge on any atom is 0.272 e. The lowest BCUT2D eigenvalue weighted by Gasteiger charge is -2.30. The first-order valence-corrected chi connectivity index (χ1v) is 8.49. The van der Waals surface area contributed by atoms with Crippen molar-refractivity contribution in [1.29, 1.82) is 5.26 Å². The highest BCUT2D eigenvalue weighted by Crippen LogP contribution is 2.24. The smallest absolute Gasteiger partial charge is 0.272 e. The topological polar surface area (TPSA) is 49.0 Å². The fourth-order valence-electron chi connectivity index (χ4n) is 3.38. The van der Waals surface area contributed by atoms with Gasteiger partial charge in [0.05, 0.1) is 5.56 Å². The molecule has 1 aromatic heterocycles. The predicted octanol–water partition coefficient (Wildman–Crippen LogP) is 3.84. The van der Waals surface area contributed by atoms with Gasteiger partial charge < -0.3 is 9.47 Å². The summed E-state index contributed by atoms with van der Waals surface area (Å²) in [6.07, 6.45) is 3.88. The molecule has 0 unspecified atom stereocenters. The Balaban J connectivity index is 2.02. The largest absolute Gasteiger partial charge is 0.337 e.